The summed E-state index contributed by atoms with van der Waals surface area (Å²) in [5.74, 6) is 0.353. The van der Waals surface area contributed by atoms with E-state index in [1.165, 1.54) is 0 Å². The summed E-state index contributed by atoms with van der Waals surface area (Å²) >= 11 is 0. The quantitative estimate of drug-likeness (QED) is 0.805. The molecule has 1 heterocycles. The highest BCUT2D eigenvalue weighted by Gasteiger charge is 2.33. The van der Waals surface area contributed by atoms with E-state index in [1.807, 2.05) is 24.3 Å². The average Bonchev–Trinajstić information content (AvgIpc) is 2.44. The second kappa shape index (κ2) is 6.53. The van der Waals surface area contributed by atoms with Crippen LogP contribution in [0.4, 0.5) is 5.69 Å². The molecule has 0 saturated carbocycles. The van der Waals surface area contributed by atoms with E-state index in [-0.39, 0.29) is 11.3 Å². The molecule has 23 heavy (non-hydrogen) atoms. The van der Waals surface area contributed by atoms with Crippen LogP contribution >= 0.6 is 0 Å². The van der Waals surface area contributed by atoms with Crippen molar-refractivity contribution >= 4 is 21.4 Å². The van der Waals surface area contributed by atoms with Crippen LogP contribution in [0.2, 0.25) is 0 Å². The van der Waals surface area contributed by atoms with E-state index < -0.39 is 10.1 Å². The summed E-state index contributed by atoms with van der Waals surface area (Å²) < 4.78 is 37.3. The highest BCUT2D eigenvalue weighted by molar-refractivity contribution is 7.86. The molecule has 6 heteroatoms. The molecule has 0 amide bonds. The Hall–Kier alpha value is -1.53. The minimum absolute atomic E-state index is 0.339. The number of rotatable bonds is 6. The van der Waals surface area contributed by atoms with Crippen LogP contribution in [0, 0.1) is 0 Å². The maximum Gasteiger partial charge on any atom is 0.269 e. The highest BCUT2D eigenvalue weighted by atomic mass is 32.2. The Kier molecular flexibility index (Phi) is 5.06. The van der Waals surface area contributed by atoms with Crippen molar-refractivity contribution < 1.29 is 17.7 Å². The molecule has 0 bridgehead atoms. The van der Waals surface area contributed by atoms with Gasteiger partial charge in [-0.05, 0) is 38.0 Å². The van der Waals surface area contributed by atoms with Gasteiger partial charge in [-0.2, -0.15) is 8.42 Å². The van der Waals surface area contributed by atoms with Gasteiger partial charge < -0.3 is 9.64 Å². The van der Waals surface area contributed by atoms with Crippen LogP contribution in [-0.4, -0.2) is 37.9 Å². The zero-order valence-electron chi connectivity index (χ0n) is 14.2. The first-order valence-corrected chi connectivity index (χ1v) is 9.42. The maximum atomic E-state index is 11.4. The van der Waals surface area contributed by atoms with Crippen LogP contribution in [0.3, 0.4) is 0 Å². The lowest BCUT2D eigenvalue weighted by Crippen LogP contribution is -2.46. The first-order valence-electron chi connectivity index (χ1n) is 7.81. The number of unbranched alkanes of at least 4 members (excludes halogenated alkanes) is 1. The summed E-state index contributed by atoms with van der Waals surface area (Å²) in [5, 5.41) is 0. The third-order valence-electron chi connectivity index (χ3n) is 4.14. The Morgan fingerprint density at radius 2 is 2.00 bits per heavy atom. The molecule has 1 aromatic rings. The van der Waals surface area contributed by atoms with Crippen LogP contribution in [0.25, 0.3) is 5.57 Å². The largest absolute Gasteiger partial charge is 0.497 e. The summed E-state index contributed by atoms with van der Waals surface area (Å²) in [5.41, 5.74) is 2.07. The van der Waals surface area contributed by atoms with Gasteiger partial charge in [0.15, 0.2) is 0 Å². The molecule has 0 spiro atoms. The van der Waals surface area contributed by atoms with Gasteiger partial charge in [0, 0.05) is 23.9 Å². The third-order valence-corrected chi connectivity index (χ3v) is 4.81. The van der Waals surface area contributed by atoms with Gasteiger partial charge in [0.25, 0.3) is 10.1 Å². The number of ether oxygens (including phenoxy) is 1. The highest BCUT2D eigenvalue weighted by Crippen LogP contribution is 2.41. The van der Waals surface area contributed by atoms with Gasteiger partial charge in [-0.25, -0.2) is 0 Å². The first kappa shape index (κ1) is 17.8. The monoisotopic (exact) mass is 339 g/mol. The number of hydrogen-bond donors (Lipinski definition) is 1. The number of anilines is 1. The molecule has 1 aliphatic rings. The van der Waals surface area contributed by atoms with Crippen molar-refractivity contribution in [1.29, 1.82) is 0 Å². The summed E-state index contributed by atoms with van der Waals surface area (Å²) in [7, 11) is -2.47. The molecule has 0 atom stereocenters. The molecule has 0 aromatic heterocycles. The molecule has 0 radical (unpaired) electrons. The van der Waals surface area contributed by atoms with Crippen molar-refractivity contribution in [2.24, 2.45) is 0 Å². The van der Waals surface area contributed by atoms with Crippen LogP contribution in [0.15, 0.2) is 24.3 Å². The first-order chi connectivity index (χ1) is 10.7. The summed E-state index contributed by atoms with van der Waals surface area (Å²) in [6.45, 7) is 7.12. The van der Waals surface area contributed by atoms with Gasteiger partial charge in [0.2, 0.25) is 0 Å². The summed E-state index contributed by atoms with van der Waals surface area (Å²) in [6, 6.07) is 5.61. The number of hydrogen-bond acceptors (Lipinski definition) is 4. The number of fused-ring (bicyclic) bond motifs is 1. The van der Waals surface area contributed by atoms with Crippen molar-refractivity contribution in [3.8, 4) is 5.75 Å². The van der Waals surface area contributed by atoms with Crippen LogP contribution < -0.4 is 9.64 Å². The van der Waals surface area contributed by atoms with E-state index in [9.17, 15) is 13.0 Å². The van der Waals surface area contributed by atoms with E-state index in [2.05, 4.69) is 25.7 Å². The van der Waals surface area contributed by atoms with Gasteiger partial charge in [-0.1, -0.05) is 19.4 Å². The lowest BCUT2D eigenvalue weighted by atomic mass is 9.88. The fourth-order valence-electron chi connectivity index (χ4n) is 3.07. The van der Waals surface area contributed by atoms with E-state index in [0.717, 1.165) is 36.4 Å². The van der Waals surface area contributed by atoms with Crippen molar-refractivity contribution in [3.63, 3.8) is 0 Å². The van der Waals surface area contributed by atoms with E-state index in [4.69, 9.17) is 4.74 Å². The minimum atomic E-state index is -4.08. The van der Waals surface area contributed by atoms with Crippen LogP contribution in [-0.2, 0) is 10.1 Å². The topological polar surface area (TPSA) is 66.8 Å². The predicted octanol–water partition coefficient (Wildman–Crippen LogP) is 3.37. The molecular formula is C17H25NO4S. The third kappa shape index (κ3) is 4.06. The van der Waals surface area contributed by atoms with Crippen molar-refractivity contribution in [1.82, 2.24) is 0 Å². The Bertz CT molecular complexity index is 707. The van der Waals surface area contributed by atoms with Crippen molar-refractivity contribution in [3.05, 3.63) is 29.8 Å². The molecule has 1 aromatic carbocycles. The molecule has 0 unspecified atom stereocenters. The standard InChI is InChI=1S/C17H25NO4S/c1-5-6-9-18-16-10-14(22-4)7-8-15(16)13(11-17(18,2)3)12-23(19,20)21/h7-8,10-11H,5-6,9,12H2,1-4H3,(H,19,20,21). The molecule has 128 valence electrons. The number of benzene rings is 1. The Morgan fingerprint density at radius 1 is 1.30 bits per heavy atom. The SMILES string of the molecule is CCCCN1c2cc(OC)ccc2C(CS(=O)(=O)O)=CC1(C)C. The molecule has 0 aliphatic carbocycles. The van der Waals surface area contributed by atoms with Gasteiger partial charge >= 0.3 is 0 Å². The van der Waals surface area contributed by atoms with E-state index >= 15 is 0 Å². The van der Waals surface area contributed by atoms with E-state index in [0.29, 0.717) is 5.57 Å². The van der Waals surface area contributed by atoms with Crippen molar-refractivity contribution in [2.75, 3.05) is 24.3 Å². The summed E-state index contributed by atoms with van der Waals surface area (Å²) in [6.07, 6.45) is 4.06. The summed E-state index contributed by atoms with van der Waals surface area (Å²) in [4.78, 5) is 2.27. The fraction of sp³-hybridized carbons (Fsp3) is 0.529. The lowest BCUT2D eigenvalue weighted by molar-refractivity contribution is 0.414. The van der Waals surface area contributed by atoms with Crippen LogP contribution in [0.1, 0.15) is 39.2 Å². The minimum Gasteiger partial charge on any atom is -0.497 e. The normalized spacial score (nSPS) is 16.7. The molecular weight excluding hydrogens is 314 g/mol. The maximum absolute atomic E-state index is 11.4. The average molecular weight is 339 g/mol. The molecule has 5 nitrogen and oxygen atoms in total. The fourth-order valence-corrected chi connectivity index (χ4v) is 3.70. The molecule has 0 saturated heterocycles. The Labute approximate surface area is 138 Å². The Balaban J connectivity index is 2.56. The van der Waals surface area contributed by atoms with Gasteiger partial charge in [0.05, 0.1) is 12.6 Å². The molecule has 0 fully saturated rings. The smallest absolute Gasteiger partial charge is 0.269 e. The molecule has 1 aliphatic heterocycles. The number of nitrogens with zero attached hydrogens (tertiary/aromatic N) is 1. The van der Waals surface area contributed by atoms with E-state index in [1.54, 1.807) is 7.11 Å². The predicted molar refractivity (Wildman–Crippen MR) is 93.7 cm³/mol. The zero-order chi connectivity index (χ0) is 17.3. The van der Waals surface area contributed by atoms with Crippen molar-refractivity contribution in [2.45, 2.75) is 39.2 Å². The lowest BCUT2D eigenvalue weighted by Gasteiger charge is -2.43. The number of methoxy groups -OCH3 is 1. The van der Waals surface area contributed by atoms with Crippen LogP contribution in [0.5, 0.6) is 5.75 Å². The van der Waals surface area contributed by atoms with Gasteiger partial charge in [0.1, 0.15) is 11.5 Å². The second-order valence-corrected chi connectivity index (χ2v) is 7.89. The molecule has 2 rings (SSSR count). The molecule has 1 N–H and O–H groups in total. The zero-order valence-corrected chi connectivity index (χ0v) is 15.0. The second-order valence-electron chi connectivity index (χ2n) is 6.44. The van der Waals surface area contributed by atoms with Gasteiger partial charge in [-0.3, -0.25) is 4.55 Å². The Morgan fingerprint density at radius 3 is 2.57 bits per heavy atom. The van der Waals surface area contributed by atoms with Gasteiger partial charge in [-0.15, -0.1) is 0 Å².